The highest BCUT2D eigenvalue weighted by Gasteiger charge is 2.30. The van der Waals surface area contributed by atoms with E-state index in [1.807, 2.05) is 13.0 Å². The molecular formula is C26H27NO4S. The van der Waals surface area contributed by atoms with Crippen molar-refractivity contribution < 1.29 is 19.1 Å². The van der Waals surface area contributed by atoms with Crippen LogP contribution in [-0.2, 0) is 17.6 Å². The zero-order valence-electron chi connectivity index (χ0n) is 18.4. The molecule has 32 heavy (non-hydrogen) atoms. The minimum absolute atomic E-state index is 0.254. The Morgan fingerprint density at radius 1 is 1.09 bits per heavy atom. The summed E-state index contributed by atoms with van der Waals surface area (Å²) < 4.78 is 10.6. The zero-order valence-corrected chi connectivity index (χ0v) is 19.2. The molecule has 0 radical (unpaired) electrons. The second-order valence-electron chi connectivity index (χ2n) is 7.88. The molecule has 6 heteroatoms. The molecule has 0 saturated heterocycles. The van der Waals surface area contributed by atoms with Crippen molar-refractivity contribution in [2.45, 2.75) is 38.5 Å². The van der Waals surface area contributed by atoms with Crippen molar-refractivity contribution in [1.82, 2.24) is 0 Å². The molecule has 0 unspecified atom stereocenters. The largest absolute Gasteiger partial charge is 0.494 e. The molecule has 1 heterocycles. The maximum atomic E-state index is 12.9. The van der Waals surface area contributed by atoms with Gasteiger partial charge in [-0.05, 0) is 67.0 Å². The Kier molecular flexibility index (Phi) is 6.90. The third-order valence-corrected chi connectivity index (χ3v) is 6.91. The number of fused-ring (bicyclic) bond motifs is 1. The fraction of sp³-hybridized carbons (Fsp3) is 0.308. The number of ether oxygens (including phenoxy) is 2. The zero-order chi connectivity index (χ0) is 22.5. The molecule has 2 aromatic carbocycles. The quantitative estimate of drug-likeness (QED) is 0.460. The van der Waals surface area contributed by atoms with Crippen molar-refractivity contribution in [3.63, 3.8) is 0 Å². The normalized spacial score (nSPS) is 15.0. The van der Waals surface area contributed by atoms with E-state index in [4.69, 9.17) is 9.47 Å². The predicted molar refractivity (Wildman–Crippen MR) is 127 cm³/mol. The van der Waals surface area contributed by atoms with Crippen molar-refractivity contribution in [3.05, 3.63) is 81.7 Å². The van der Waals surface area contributed by atoms with Crippen LogP contribution in [0.15, 0.2) is 54.6 Å². The van der Waals surface area contributed by atoms with Gasteiger partial charge in [-0.25, -0.2) is 4.79 Å². The Hall–Kier alpha value is -3.12. The van der Waals surface area contributed by atoms with Crippen LogP contribution in [0.25, 0.3) is 0 Å². The van der Waals surface area contributed by atoms with Gasteiger partial charge < -0.3 is 14.8 Å². The van der Waals surface area contributed by atoms with Crippen LogP contribution in [0.5, 0.6) is 5.75 Å². The number of hydrogen-bond donors (Lipinski definition) is 1. The molecule has 0 saturated carbocycles. The van der Waals surface area contributed by atoms with Crippen molar-refractivity contribution >= 4 is 28.2 Å². The molecule has 1 N–H and O–H groups in total. The summed E-state index contributed by atoms with van der Waals surface area (Å²) in [5.41, 5.74) is 3.32. The monoisotopic (exact) mass is 449 g/mol. The summed E-state index contributed by atoms with van der Waals surface area (Å²) in [6.07, 6.45) is 3.53. The van der Waals surface area contributed by atoms with E-state index in [-0.39, 0.29) is 5.91 Å². The SMILES string of the molecule is CCCOc1ccc(C(=O)Nc2sc3c(c2C(=O)OC)CC[C@@H](c2ccccc2)C3)cc1. The summed E-state index contributed by atoms with van der Waals surface area (Å²) in [6.45, 7) is 2.68. The number of methoxy groups -OCH3 is 1. The Labute approximate surface area is 192 Å². The van der Waals surface area contributed by atoms with Crippen LogP contribution in [-0.4, -0.2) is 25.6 Å². The van der Waals surface area contributed by atoms with Gasteiger partial charge in [0.1, 0.15) is 10.8 Å². The van der Waals surface area contributed by atoms with Gasteiger partial charge in [0, 0.05) is 10.4 Å². The molecule has 1 amide bonds. The number of amides is 1. The lowest BCUT2D eigenvalue weighted by molar-refractivity contribution is 0.0601. The predicted octanol–water partition coefficient (Wildman–Crippen LogP) is 5.85. The van der Waals surface area contributed by atoms with Crippen molar-refractivity contribution in [3.8, 4) is 5.75 Å². The standard InChI is InChI=1S/C26H27NO4S/c1-3-15-31-20-12-9-18(10-13-20)24(28)27-25-23(26(29)30-2)21-14-11-19(16-22(21)32-25)17-7-5-4-6-8-17/h4-10,12-13,19H,3,11,14-16H2,1-2H3,(H,27,28)/t19-/m1/s1. The first-order valence-corrected chi connectivity index (χ1v) is 11.7. The van der Waals surface area contributed by atoms with E-state index in [2.05, 4.69) is 29.6 Å². The van der Waals surface area contributed by atoms with Crippen molar-refractivity contribution in [2.24, 2.45) is 0 Å². The first-order chi connectivity index (χ1) is 15.6. The highest BCUT2D eigenvalue weighted by Crippen LogP contribution is 2.42. The summed E-state index contributed by atoms with van der Waals surface area (Å²) in [5, 5.41) is 3.52. The molecule has 4 rings (SSSR count). The number of esters is 1. The molecule has 1 aliphatic carbocycles. The molecule has 0 spiro atoms. The number of benzene rings is 2. The van der Waals surface area contributed by atoms with Crippen LogP contribution in [0.2, 0.25) is 0 Å². The Balaban J connectivity index is 1.57. The van der Waals surface area contributed by atoms with E-state index >= 15 is 0 Å². The smallest absolute Gasteiger partial charge is 0.341 e. The van der Waals surface area contributed by atoms with Gasteiger partial charge >= 0.3 is 5.97 Å². The fourth-order valence-corrected chi connectivity index (χ4v) is 5.41. The van der Waals surface area contributed by atoms with Crippen LogP contribution < -0.4 is 10.1 Å². The van der Waals surface area contributed by atoms with Gasteiger partial charge in [0.15, 0.2) is 0 Å². The van der Waals surface area contributed by atoms with E-state index in [1.165, 1.54) is 24.0 Å². The van der Waals surface area contributed by atoms with Gasteiger partial charge in [-0.1, -0.05) is 37.3 Å². The van der Waals surface area contributed by atoms with E-state index in [9.17, 15) is 9.59 Å². The minimum atomic E-state index is -0.403. The van der Waals surface area contributed by atoms with Crippen LogP contribution >= 0.6 is 11.3 Å². The topological polar surface area (TPSA) is 64.6 Å². The lowest BCUT2D eigenvalue weighted by Gasteiger charge is -2.22. The molecule has 1 aliphatic rings. The van der Waals surface area contributed by atoms with Gasteiger partial charge in [0.2, 0.25) is 0 Å². The molecule has 1 atom stereocenters. The molecule has 3 aromatic rings. The third kappa shape index (κ3) is 4.70. The van der Waals surface area contributed by atoms with Crippen LogP contribution in [0, 0.1) is 0 Å². The number of carbonyl (C=O) groups excluding carboxylic acids is 2. The second-order valence-corrected chi connectivity index (χ2v) is 8.98. The first-order valence-electron chi connectivity index (χ1n) is 10.9. The lowest BCUT2D eigenvalue weighted by Crippen LogP contribution is -2.16. The van der Waals surface area contributed by atoms with E-state index in [0.29, 0.717) is 28.7 Å². The van der Waals surface area contributed by atoms with Gasteiger partial charge in [0.25, 0.3) is 5.91 Å². The third-order valence-electron chi connectivity index (χ3n) is 5.74. The van der Waals surface area contributed by atoms with Gasteiger partial charge in [0.05, 0.1) is 19.3 Å². The molecule has 5 nitrogen and oxygen atoms in total. The second kappa shape index (κ2) is 10.0. The number of thiophene rings is 1. The lowest BCUT2D eigenvalue weighted by atomic mass is 9.83. The summed E-state index contributed by atoms with van der Waals surface area (Å²) in [5.74, 6) is 0.485. The highest BCUT2D eigenvalue weighted by atomic mass is 32.1. The fourth-order valence-electron chi connectivity index (χ4n) is 4.10. The molecule has 0 fully saturated rings. The number of rotatable bonds is 7. The number of carbonyl (C=O) groups is 2. The van der Waals surface area contributed by atoms with Crippen molar-refractivity contribution in [1.29, 1.82) is 0 Å². The van der Waals surface area contributed by atoms with Gasteiger partial charge in [-0.3, -0.25) is 4.79 Å². The maximum absolute atomic E-state index is 12.9. The molecule has 1 aromatic heterocycles. The molecule has 0 bridgehead atoms. The molecule has 166 valence electrons. The summed E-state index contributed by atoms with van der Waals surface area (Å²) in [6, 6.07) is 17.5. The summed E-state index contributed by atoms with van der Waals surface area (Å²) >= 11 is 1.48. The Morgan fingerprint density at radius 3 is 2.53 bits per heavy atom. The van der Waals surface area contributed by atoms with E-state index in [1.54, 1.807) is 24.3 Å². The molecular weight excluding hydrogens is 422 g/mol. The summed E-state index contributed by atoms with van der Waals surface area (Å²) in [4.78, 5) is 26.6. The first kappa shape index (κ1) is 22.1. The van der Waals surface area contributed by atoms with Gasteiger partial charge in [-0.15, -0.1) is 11.3 Å². The van der Waals surface area contributed by atoms with Crippen LogP contribution in [0.4, 0.5) is 5.00 Å². The highest BCUT2D eigenvalue weighted by molar-refractivity contribution is 7.17. The summed E-state index contributed by atoms with van der Waals surface area (Å²) in [7, 11) is 1.38. The van der Waals surface area contributed by atoms with Crippen molar-refractivity contribution in [2.75, 3.05) is 19.0 Å². The number of anilines is 1. The number of nitrogens with one attached hydrogen (secondary N) is 1. The minimum Gasteiger partial charge on any atom is -0.494 e. The number of hydrogen-bond acceptors (Lipinski definition) is 5. The Bertz CT molecular complexity index is 1090. The van der Waals surface area contributed by atoms with Gasteiger partial charge in [-0.2, -0.15) is 0 Å². The average molecular weight is 450 g/mol. The molecule has 0 aliphatic heterocycles. The maximum Gasteiger partial charge on any atom is 0.341 e. The van der Waals surface area contributed by atoms with Crippen LogP contribution in [0.3, 0.4) is 0 Å². The van der Waals surface area contributed by atoms with Crippen LogP contribution in [0.1, 0.15) is 62.4 Å². The average Bonchev–Trinajstić information content (AvgIpc) is 3.20. The van der Waals surface area contributed by atoms with E-state index < -0.39 is 5.97 Å². The van der Waals surface area contributed by atoms with E-state index in [0.717, 1.165) is 41.9 Å². The Morgan fingerprint density at radius 2 is 1.84 bits per heavy atom.